The molecular formula is C14H25N3O2. The Hall–Kier alpha value is -1.20. The fourth-order valence-electron chi connectivity index (χ4n) is 1.32. The Kier molecular flexibility index (Phi) is 6.73. The van der Waals surface area contributed by atoms with Crippen LogP contribution in [0, 0.1) is 0 Å². The molecule has 19 heavy (non-hydrogen) atoms. The van der Waals surface area contributed by atoms with Crippen molar-refractivity contribution in [1.29, 1.82) is 0 Å². The summed E-state index contributed by atoms with van der Waals surface area (Å²) < 4.78 is 10.8. The normalized spacial score (nSPS) is 11.6. The van der Waals surface area contributed by atoms with Crippen molar-refractivity contribution in [3.63, 3.8) is 0 Å². The number of nitrogens with one attached hydrogen (secondary N) is 1. The summed E-state index contributed by atoms with van der Waals surface area (Å²) in [6, 6.07) is 0. The van der Waals surface area contributed by atoms with Crippen LogP contribution in [0.5, 0.6) is 5.88 Å². The van der Waals surface area contributed by atoms with E-state index >= 15 is 0 Å². The molecule has 0 aliphatic rings. The van der Waals surface area contributed by atoms with Gasteiger partial charge in [0.1, 0.15) is 6.61 Å². The van der Waals surface area contributed by atoms with Gasteiger partial charge in [0.05, 0.1) is 24.7 Å². The summed E-state index contributed by atoms with van der Waals surface area (Å²) in [4.78, 5) is 8.52. The van der Waals surface area contributed by atoms with E-state index in [2.05, 4.69) is 43.0 Å². The third-order valence-corrected chi connectivity index (χ3v) is 2.31. The van der Waals surface area contributed by atoms with E-state index in [1.165, 1.54) is 0 Å². The molecule has 0 aliphatic carbocycles. The third-order valence-electron chi connectivity index (χ3n) is 2.31. The van der Waals surface area contributed by atoms with E-state index in [-0.39, 0.29) is 5.54 Å². The maximum absolute atomic E-state index is 5.43. The molecule has 0 radical (unpaired) electrons. The largest absolute Gasteiger partial charge is 0.474 e. The Balaban J connectivity index is 2.27. The van der Waals surface area contributed by atoms with Crippen LogP contribution in [-0.2, 0) is 11.3 Å². The van der Waals surface area contributed by atoms with E-state index in [4.69, 9.17) is 9.47 Å². The summed E-state index contributed by atoms with van der Waals surface area (Å²) in [6.45, 7) is 11.0. The second-order valence-corrected chi connectivity index (χ2v) is 5.41. The summed E-state index contributed by atoms with van der Waals surface area (Å²) in [5.74, 6) is 0.541. The summed E-state index contributed by atoms with van der Waals surface area (Å²) >= 11 is 0. The number of nitrogens with zero attached hydrogens (tertiary/aromatic N) is 2. The number of ether oxygens (including phenoxy) is 2. The monoisotopic (exact) mass is 267 g/mol. The highest BCUT2D eigenvalue weighted by Gasteiger charge is 2.09. The van der Waals surface area contributed by atoms with Gasteiger partial charge in [-0.2, -0.15) is 0 Å². The summed E-state index contributed by atoms with van der Waals surface area (Å²) in [7, 11) is 0. The molecule has 0 fully saturated rings. The Morgan fingerprint density at radius 1 is 1.11 bits per heavy atom. The number of hydrogen-bond donors (Lipinski definition) is 1. The minimum absolute atomic E-state index is 0.0769. The van der Waals surface area contributed by atoms with Gasteiger partial charge >= 0.3 is 0 Å². The SMILES string of the molecule is CCCOCCOc1cnc(CNC(C)(C)C)cn1. The molecule has 5 heteroatoms. The molecule has 1 aromatic rings. The molecule has 0 saturated carbocycles. The van der Waals surface area contributed by atoms with Gasteiger partial charge in [0, 0.05) is 18.7 Å². The van der Waals surface area contributed by atoms with Crippen molar-refractivity contribution in [1.82, 2.24) is 15.3 Å². The maximum atomic E-state index is 5.43. The summed E-state index contributed by atoms with van der Waals surface area (Å²) in [5.41, 5.74) is 0.984. The predicted octanol–water partition coefficient (Wildman–Crippen LogP) is 2.17. The molecular weight excluding hydrogens is 242 g/mol. The Morgan fingerprint density at radius 3 is 2.47 bits per heavy atom. The van der Waals surface area contributed by atoms with Crippen LogP contribution < -0.4 is 10.1 Å². The van der Waals surface area contributed by atoms with Gasteiger partial charge in [-0.05, 0) is 27.2 Å². The average Bonchev–Trinajstić information content (AvgIpc) is 2.37. The van der Waals surface area contributed by atoms with Gasteiger partial charge in [0.25, 0.3) is 0 Å². The minimum atomic E-state index is 0.0769. The summed E-state index contributed by atoms with van der Waals surface area (Å²) in [6.07, 6.45) is 4.41. The molecule has 108 valence electrons. The van der Waals surface area contributed by atoms with E-state index in [1.54, 1.807) is 12.4 Å². The van der Waals surface area contributed by atoms with Gasteiger partial charge in [-0.1, -0.05) is 6.92 Å². The fourth-order valence-corrected chi connectivity index (χ4v) is 1.32. The van der Waals surface area contributed by atoms with Crippen LogP contribution in [0.4, 0.5) is 0 Å². The molecule has 0 spiro atoms. The zero-order chi connectivity index (χ0) is 14.1. The van der Waals surface area contributed by atoms with Gasteiger partial charge < -0.3 is 14.8 Å². The first-order valence-electron chi connectivity index (χ1n) is 6.78. The number of aromatic nitrogens is 2. The molecule has 0 bridgehead atoms. The van der Waals surface area contributed by atoms with Crippen molar-refractivity contribution in [3.8, 4) is 5.88 Å². The van der Waals surface area contributed by atoms with Gasteiger partial charge in [0.15, 0.2) is 0 Å². The van der Waals surface area contributed by atoms with Crippen LogP contribution in [0.25, 0.3) is 0 Å². The van der Waals surface area contributed by atoms with Crippen LogP contribution in [0.1, 0.15) is 39.8 Å². The second kappa shape index (κ2) is 8.07. The zero-order valence-electron chi connectivity index (χ0n) is 12.4. The smallest absolute Gasteiger partial charge is 0.232 e. The van der Waals surface area contributed by atoms with Gasteiger partial charge in [-0.15, -0.1) is 0 Å². The lowest BCUT2D eigenvalue weighted by atomic mass is 10.1. The molecule has 1 aromatic heterocycles. The first kappa shape index (κ1) is 15.9. The third kappa shape index (κ3) is 7.74. The first-order valence-corrected chi connectivity index (χ1v) is 6.78. The lowest BCUT2D eigenvalue weighted by Crippen LogP contribution is -2.35. The van der Waals surface area contributed by atoms with Crippen molar-refractivity contribution in [2.45, 2.75) is 46.2 Å². The van der Waals surface area contributed by atoms with Crippen LogP contribution in [-0.4, -0.2) is 35.3 Å². The Bertz CT molecular complexity index is 347. The van der Waals surface area contributed by atoms with Gasteiger partial charge in [0.2, 0.25) is 5.88 Å². The molecule has 0 unspecified atom stereocenters. The van der Waals surface area contributed by atoms with E-state index in [1.807, 2.05) is 0 Å². The van der Waals surface area contributed by atoms with E-state index < -0.39 is 0 Å². The average molecular weight is 267 g/mol. The van der Waals surface area contributed by atoms with Crippen LogP contribution in [0.2, 0.25) is 0 Å². The fraction of sp³-hybridized carbons (Fsp3) is 0.714. The van der Waals surface area contributed by atoms with Crippen molar-refractivity contribution in [2.75, 3.05) is 19.8 Å². The van der Waals surface area contributed by atoms with Crippen LogP contribution >= 0.6 is 0 Å². The first-order chi connectivity index (χ1) is 9.01. The summed E-state index contributed by atoms with van der Waals surface area (Å²) in [5, 5.41) is 3.36. The molecule has 5 nitrogen and oxygen atoms in total. The highest BCUT2D eigenvalue weighted by molar-refractivity contribution is 5.07. The molecule has 0 amide bonds. The molecule has 1 heterocycles. The Morgan fingerprint density at radius 2 is 1.89 bits per heavy atom. The lowest BCUT2D eigenvalue weighted by molar-refractivity contribution is 0.0988. The van der Waals surface area contributed by atoms with Crippen LogP contribution in [0.15, 0.2) is 12.4 Å². The van der Waals surface area contributed by atoms with Crippen molar-refractivity contribution in [2.24, 2.45) is 0 Å². The second-order valence-electron chi connectivity index (χ2n) is 5.41. The highest BCUT2D eigenvalue weighted by Crippen LogP contribution is 2.05. The number of rotatable bonds is 8. The zero-order valence-corrected chi connectivity index (χ0v) is 12.4. The molecule has 0 aliphatic heterocycles. The van der Waals surface area contributed by atoms with Gasteiger partial charge in [-0.25, -0.2) is 4.98 Å². The lowest BCUT2D eigenvalue weighted by Gasteiger charge is -2.19. The van der Waals surface area contributed by atoms with Crippen molar-refractivity contribution >= 4 is 0 Å². The Labute approximate surface area is 115 Å². The van der Waals surface area contributed by atoms with E-state index in [0.717, 1.165) is 18.7 Å². The molecule has 1 rings (SSSR count). The van der Waals surface area contributed by atoms with Gasteiger partial charge in [-0.3, -0.25) is 4.98 Å². The molecule has 0 atom stereocenters. The quantitative estimate of drug-likeness (QED) is 0.732. The van der Waals surface area contributed by atoms with Crippen LogP contribution in [0.3, 0.4) is 0 Å². The van der Waals surface area contributed by atoms with E-state index in [9.17, 15) is 0 Å². The standard InChI is InChI=1S/C14H25N3O2/c1-5-6-18-7-8-19-13-11-15-12(9-16-13)10-17-14(2,3)4/h9,11,17H,5-8,10H2,1-4H3. The molecule has 0 aromatic carbocycles. The minimum Gasteiger partial charge on any atom is -0.474 e. The molecule has 1 N–H and O–H groups in total. The maximum Gasteiger partial charge on any atom is 0.232 e. The molecule has 0 saturated heterocycles. The van der Waals surface area contributed by atoms with Crippen molar-refractivity contribution in [3.05, 3.63) is 18.1 Å². The number of hydrogen-bond acceptors (Lipinski definition) is 5. The highest BCUT2D eigenvalue weighted by atomic mass is 16.5. The topological polar surface area (TPSA) is 56.3 Å². The van der Waals surface area contributed by atoms with E-state index in [0.29, 0.717) is 25.6 Å². The predicted molar refractivity (Wildman–Crippen MR) is 75.2 cm³/mol. The van der Waals surface area contributed by atoms with Crippen molar-refractivity contribution < 1.29 is 9.47 Å².